The molecule has 0 aliphatic rings. The largest absolute Gasteiger partial charge is 0.493 e. The first-order chi connectivity index (χ1) is 5.83. The molecule has 0 saturated carbocycles. The van der Waals surface area contributed by atoms with Crippen LogP contribution in [0.4, 0.5) is 0 Å². The molecule has 2 N–H and O–H groups in total. The summed E-state index contributed by atoms with van der Waals surface area (Å²) in [6.45, 7) is 1.26. The van der Waals surface area contributed by atoms with Crippen LogP contribution in [0.5, 0.6) is 5.75 Å². The highest BCUT2D eigenvalue weighted by Crippen LogP contribution is 2.14. The van der Waals surface area contributed by atoms with Crippen LogP contribution in [-0.4, -0.2) is 18.1 Å². The van der Waals surface area contributed by atoms with E-state index in [4.69, 9.17) is 22.1 Å². The molecule has 0 unspecified atom stereocenters. The summed E-state index contributed by atoms with van der Waals surface area (Å²) in [6, 6.07) is 3.44. The summed E-state index contributed by atoms with van der Waals surface area (Å²) in [5.41, 5.74) is 5.30. The Hall–Kier alpha value is -0.800. The number of pyridine rings is 1. The molecular formula is C8H11ClN2O. The van der Waals surface area contributed by atoms with Crippen molar-refractivity contribution in [2.75, 3.05) is 13.2 Å². The van der Waals surface area contributed by atoms with Crippen LogP contribution in [-0.2, 0) is 0 Å². The lowest BCUT2D eigenvalue weighted by atomic mass is 10.4. The second-order valence-corrected chi connectivity index (χ2v) is 2.69. The van der Waals surface area contributed by atoms with Crippen LogP contribution in [0.15, 0.2) is 18.3 Å². The molecule has 0 atom stereocenters. The summed E-state index contributed by atoms with van der Waals surface area (Å²) >= 11 is 5.64. The van der Waals surface area contributed by atoms with E-state index in [0.29, 0.717) is 18.3 Å². The van der Waals surface area contributed by atoms with Crippen LogP contribution >= 0.6 is 11.6 Å². The maximum absolute atomic E-state index is 5.64. The monoisotopic (exact) mass is 186 g/mol. The molecule has 1 aromatic heterocycles. The number of nitrogens with zero attached hydrogens (tertiary/aromatic N) is 1. The van der Waals surface area contributed by atoms with Crippen LogP contribution < -0.4 is 10.5 Å². The van der Waals surface area contributed by atoms with Crippen LogP contribution in [0.1, 0.15) is 6.42 Å². The highest BCUT2D eigenvalue weighted by atomic mass is 35.5. The van der Waals surface area contributed by atoms with Crippen LogP contribution in [0.25, 0.3) is 0 Å². The minimum Gasteiger partial charge on any atom is -0.493 e. The summed E-state index contributed by atoms with van der Waals surface area (Å²) in [4.78, 5) is 3.83. The van der Waals surface area contributed by atoms with Gasteiger partial charge in [0.05, 0.1) is 6.61 Å². The van der Waals surface area contributed by atoms with E-state index in [0.717, 1.165) is 12.2 Å². The van der Waals surface area contributed by atoms with Gasteiger partial charge in [-0.15, -0.1) is 0 Å². The van der Waals surface area contributed by atoms with Crippen molar-refractivity contribution in [1.82, 2.24) is 4.98 Å². The molecule has 0 spiro atoms. The number of aromatic nitrogens is 1. The fraction of sp³-hybridized carbons (Fsp3) is 0.375. The van der Waals surface area contributed by atoms with Gasteiger partial charge >= 0.3 is 0 Å². The van der Waals surface area contributed by atoms with Crippen molar-refractivity contribution in [2.45, 2.75) is 6.42 Å². The minimum absolute atomic E-state index is 0.445. The van der Waals surface area contributed by atoms with Crippen molar-refractivity contribution < 1.29 is 4.74 Å². The van der Waals surface area contributed by atoms with Gasteiger partial charge < -0.3 is 10.5 Å². The zero-order chi connectivity index (χ0) is 8.81. The standard InChI is InChI=1S/C8H11ClN2O/c9-8-6-7(2-4-11-8)12-5-1-3-10/h2,4,6H,1,3,5,10H2. The van der Waals surface area contributed by atoms with E-state index in [2.05, 4.69) is 4.98 Å². The van der Waals surface area contributed by atoms with E-state index in [1.165, 1.54) is 0 Å². The van der Waals surface area contributed by atoms with Gasteiger partial charge in [-0.25, -0.2) is 4.98 Å². The normalized spacial score (nSPS) is 9.83. The molecule has 0 fully saturated rings. The summed E-state index contributed by atoms with van der Waals surface area (Å²) < 4.78 is 5.32. The Morgan fingerprint density at radius 2 is 2.42 bits per heavy atom. The first kappa shape index (κ1) is 9.29. The maximum atomic E-state index is 5.64. The van der Waals surface area contributed by atoms with E-state index in [-0.39, 0.29) is 0 Å². The lowest BCUT2D eigenvalue weighted by Crippen LogP contribution is -2.06. The highest BCUT2D eigenvalue weighted by molar-refractivity contribution is 6.29. The number of nitrogens with two attached hydrogens (primary N) is 1. The molecule has 4 heteroatoms. The van der Waals surface area contributed by atoms with E-state index in [1.807, 2.05) is 0 Å². The van der Waals surface area contributed by atoms with Crippen molar-refractivity contribution in [1.29, 1.82) is 0 Å². The van der Waals surface area contributed by atoms with Crippen molar-refractivity contribution in [2.24, 2.45) is 5.73 Å². The molecule has 12 heavy (non-hydrogen) atoms. The number of rotatable bonds is 4. The number of hydrogen-bond acceptors (Lipinski definition) is 3. The van der Waals surface area contributed by atoms with Crippen LogP contribution in [0, 0.1) is 0 Å². The Balaban J connectivity index is 2.41. The van der Waals surface area contributed by atoms with Crippen molar-refractivity contribution in [3.63, 3.8) is 0 Å². The average Bonchev–Trinajstić information content (AvgIpc) is 2.05. The van der Waals surface area contributed by atoms with Gasteiger partial charge in [0.25, 0.3) is 0 Å². The van der Waals surface area contributed by atoms with Crippen molar-refractivity contribution in [3.8, 4) is 5.75 Å². The molecule has 0 saturated heterocycles. The third kappa shape index (κ3) is 3.07. The quantitative estimate of drug-likeness (QED) is 0.572. The molecule has 0 aliphatic carbocycles. The predicted molar refractivity (Wildman–Crippen MR) is 48.4 cm³/mol. The van der Waals surface area contributed by atoms with Gasteiger partial charge in [-0.05, 0) is 19.0 Å². The van der Waals surface area contributed by atoms with Crippen LogP contribution in [0.3, 0.4) is 0 Å². The number of ether oxygens (including phenoxy) is 1. The van der Waals surface area contributed by atoms with Gasteiger partial charge in [-0.1, -0.05) is 11.6 Å². The summed E-state index contributed by atoms with van der Waals surface area (Å²) in [5.74, 6) is 0.739. The molecule has 0 aromatic carbocycles. The summed E-state index contributed by atoms with van der Waals surface area (Å²) in [5, 5.41) is 0.445. The number of halogens is 1. The molecule has 0 aliphatic heterocycles. The second kappa shape index (κ2) is 4.95. The van der Waals surface area contributed by atoms with E-state index < -0.39 is 0 Å². The Morgan fingerprint density at radius 3 is 3.08 bits per heavy atom. The van der Waals surface area contributed by atoms with E-state index >= 15 is 0 Å². The van der Waals surface area contributed by atoms with Crippen molar-refractivity contribution in [3.05, 3.63) is 23.5 Å². The van der Waals surface area contributed by atoms with Gasteiger partial charge in [0.1, 0.15) is 10.9 Å². The highest BCUT2D eigenvalue weighted by Gasteiger charge is 1.94. The van der Waals surface area contributed by atoms with Gasteiger partial charge in [0.15, 0.2) is 0 Å². The lowest BCUT2D eigenvalue weighted by molar-refractivity contribution is 0.313. The third-order valence-electron chi connectivity index (χ3n) is 1.32. The predicted octanol–water partition coefficient (Wildman–Crippen LogP) is 1.46. The minimum atomic E-state index is 0.445. The summed E-state index contributed by atoms with van der Waals surface area (Å²) in [6.07, 6.45) is 2.46. The first-order valence-corrected chi connectivity index (χ1v) is 4.15. The third-order valence-corrected chi connectivity index (χ3v) is 1.52. The number of hydrogen-bond donors (Lipinski definition) is 1. The second-order valence-electron chi connectivity index (χ2n) is 2.30. The fourth-order valence-electron chi connectivity index (χ4n) is 0.748. The Labute approximate surface area is 76.5 Å². The lowest BCUT2D eigenvalue weighted by Gasteiger charge is -2.03. The van der Waals surface area contributed by atoms with Crippen molar-refractivity contribution >= 4 is 11.6 Å². The fourth-order valence-corrected chi connectivity index (χ4v) is 0.912. The van der Waals surface area contributed by atoms with Gasteiger partial charge in [-0.2, -0.15) is 0 Å². The maximum Gasteiger partial charge on any atom is 0.132 e. The topological polar surface area (TPSA) is 48.1 Å². The Morgan fingerprint density at radius 1 is 1.58 bits per heavy atom. The average molecular weight is 187 g/mol. The smallest absolute Gasteiger partial charge is 0.132 e. The van der Waals surface area contributed by atoms with Crippen LogP contribution in [0.2, 0.25) is 5.15 Å². The molecule has 66 valence electrons. The first-order valence-electron chi connectivity index (χ1n) is 3.77. The molecular weight excluding hydrogens is 176 g/mol. The SMILES string of the molecule is NCCCOc1ccnc(Cl)c1. The zero-order valence-corrected chi connectivity index (χ0v) is 7.42. The van der Waals surface area contributed by atoms with Gasteiger partial charge in [0, 0.05) is 12.3 Å². The van der Waals surface area contributed by atoms with Gasteiger partial charge in [-0.3, -0.25) is 0 Å². The molecule has 3 nitrogen and oxygen atoms in total. The summed E-state index contributed by atoms with van der Waals surface area (Å²) in [7, 11) is 0. The van der Waals surface area contributed by atoms with E-state index in [1.54, 1.807) is 18.3 Å². The molecule has 0 bridgehead atoms. The van der Waals surface area contributed by atoms with E-state index in [9.17, 15) is 0 Å². The molecule has 1 aromatic rings. The molecule has 0 amide bonds. The molecule has 1 heterocycles. The Bertz CT molecular complexity index is 242. The molecule has 1 rings (SSSR count). The molecule has 0 radical (unpaired) electrons. The zero-order valence-electron chi connectivity index (χ0n) is 6.66. The van der Waals surface area contributed by atoms with Gasteiger partial charge in [0.2, 0.25) is 0 Å². The Kier molecular flexibility index (Phi) is 3.84.